The van der Waals surface area contributed by atoms with E-state index in [0.29, 0.717) is 12.1 Å². The lowest BCUT2D eigenvalue weighted by Gasteiger charge is -2.26. The Labute approximate surface area is 139 Å². The quantitative estimate of drug-likeness (QED) is 0.526. The Balaban J connectivity index is 2.36. The third-order valence-corrected chi connectivity index (χ3v) is 4.49. The van der Waals surface area contributed by atoms with Gasteiger partial charge in [-0.25, -0.2) is 0 Å². The van der Waals surface area contributed by atoms with E-state index in [1.807, 2.05) is 12.1 Å². The summed E-state index contributed by atoms with van der Waals surface area (Å²) in [5, 5.41) is 11.5. The van der Waals surface area contributed by atoms with E-state index in [4.69, 9.17) is 0 Å². The van der Waals surface area contributed by atoms with Gasteiger partial charge >= 0.3 is 0 Å². The molecule has 0 aliphatic heterocycles. The number of nitro groups is 1. The fourth-order valence-electron chi connectivity index (χ4n) is 2.91. The van der Waals surface area contributed by atoms with E-state index in [-0.39, 0.29) is 21.7 Å². The predicted octanol–water partition coefficient (Wildman–Crippen LogP) is 5.60. The van der Waals surface area contributed by atoms with E-state index in [9.17, 15) is 10.1 Å². The van der Waals surface area contributed by atoms with Gasteiger partial charge in [-0.2, -0.15) is 0 Å². The van der Waals surface area contributed by atoms with E-state index < -0.39 is 0 Å². The highest BCUT2D eigenvalue weighted by atomic mass is 16.6. The van der Waals surface area contributed by atoms with Crippen molar-refractivity contribution < 1.29 is 4.92 Å². The molecular weight excluding hydrogens is 286 g/mol. The van der Waals surface area contributed by atoms with Gasteiger partial charge in [0.2, 0.25) is 0 Å². The Bertz CT molecular complexity index is 652. The molecule has 23 heavy (non-hydrogen) atoms. The smallest absolute Gasteiger partial charge is 0.254 e. The average molecular weight is 313 g/mol. The molecule has 1 aliphatic carbocycles. The molecule has 1 aliphatic rings. The number of hydrogen-bond acceptors (Lipinski definition) is 2. The van der Waals surface area contributed by atoms with Gasteiger partial charge in [-0.1, -0.05) is 71.9 Å². The van der Waals surface area contributed by atoms with Gasteiger partial charge in [-0.15, -0.1) is 0 Å². The van der Waals surface area contributed by atoms with Crippen molar-refractivity contribution in [1.82, 2.24) is 0 Å². The summed E-state index contributed by atoms with van der Waals surface area (Å²) in [6, 6.07) is 8.27. The van der Waals surface area contributed by atoms with Gasteiger partial charge in [0.1, 0.15) is 0 Å². The zero-order valence-electron chi connectivity index (χ0n) is 15.0. The van der Waals surface area contributed by atoms with Crippen LogP contribution in [0.5, 0.6) is 0 Å². The third kappa shape index (κ3) is 3.90. The van der Waals surface area contributed by atoms with Crippen molar-refractivity contribution in [3.8, 4) is 0 Å². The van der Waals surface area contributed by atoms with E-state index in [0.717, 1.165) is 11.1 Å². The minimum Gasteiger partial charge on any atom is -0.259 e. The van der Waals surface area contributed by atoms with Gasteiger partial charge in [-0.05, 0) is 34.0 Å². The first-order valence-electron chi connectivity index (χ1n) is 8.17. The number of rotatable bonds is 2. The van der Waals surface area contributed by atoms with Crippen molar-refractivity contribution in [1.29, 1.82) is 0 Å². The van der Waals surface area contributed by atoms with Gasteiger partial charge in [0.05, 0.1) is 10.8 Å². The van der Waals surface area contributed by atoms with Crippen LogP contribution in [0.2, 0.25) is 0 Å². The molecule has 0 bridgehead atoms. The first kappa shape index (κ1) is 17.5. The maximum Gasteiger partial charge on any atom is 0.254 e. The summed E-state index contributed by atoms with van der Waals surface area (Å²) in [7, 11) is 0. The lowest BCUT2D eigenvalue weighted by atomic mass is 9.78. The van der Waals surface area contributed by atoms with Gasteiger partial charge in [0, 0.05) is 6.08 Å². The highest BCUT2D eigenvalue weighted by Crippen LogP contribution is 2.39. The van der Waals surface area contributed by atoms with Crippen LogP contribution in [0, 0.1) is 15.5 Å². The fraction of sp³-hybridized carbons (Fsp3) is 0.500. The molecule has 0 heterocycles. The molecule has 0 radical (unpaired) electrons. The Kier molecular flexibility index (Phi) is 4.52. The molecular formula is C20H27NO2. The van der Waals surface area contributed by atoms with E-state index in [1.54, 1.807) is 6.08 Å². The zero-order valence-corrected chi connectivity index (χ0v) is 15.0. The lowest BCUT2D eigenvalue weighted by Crippen LogP contribution is -2.18. The summed E-state index contributed by atoms with van der Waals surface area (Å²) in [6.45, 7) is 12.8. The molecule has 0 saturated carbocycles. The van der Waals surface area contributed by atoms with E-state index in [1.165, 1.54) is 5.56 Å². The maximum atomic E-state index is 11.5. The predicted molar refractivity (Wildman–Crippen MR) is 95.1 cm³/mol. The van der Waals surface area contributed by atoms with E-state index in [2.05, 4.69) is 59.8 Å². The Morgan fingerprint density at radius 3 is 2.00 bits per heavy atom. The van der Waals surface area contributed by atoms with Gasteiger partial charge in [0.25, 0.3) is 5.70 Å². The van der Waals surface area contributed by atoms with Crippen molar-refractivity contribution in [2.45, 2.75) is 59.3 Å². The third-order valence-electron chi connectivity index (χ3n) is 4.49. The molecule has 0 aromatic heterocycles. The Hall–Kier alpha value is -1.90. The van der Waals surface area contributed by atoms with Crippen LogP contribution in [0.3, 0.4) is 0 Å². The molecule has 1 atom stereocenters. The Morgan fingerprint density at radius 2 is 1.57 bits per heavy atom. The first-order chi connectivity index (χ1) is 10.5. The molecule has 1 aromatic carbocycles. The van der Waals surface area contributed by atoms with E-state index >= 15 is 0 Å². The number of nitrogens with zero attached hydrogens (tertiary/aromatic N) is 1. The molecule has 0 spiro atoms. The van der Waals surface area contributed by atoms with Gasteiger partial charge in [-0.3, -0.25) is 10.1 Å². The molecule has 0 fully saturated rings. The minimum atomic E-state index is -0.221. The van der Waals surface area contributed by atoms with Crippen LogP contribution in [-0.4, -0.2) is 4.92 Å². The second kappa shape index (κ2) is 5.95. The SMILES string of the molecule is CC(C)(C)C1=CCC(c2ccc(C(C)(C)C)cc2)C([N+](=O)[O-])=C1. The molecule has 1 unspecified atom stereocenters. The van der Waals surface area contributed by atoms with Crippen LogP contribution in [-0.2, 0) is 5.41 Å². The van der Waals surface area contributed by atoms with Gasteiger partial charge < -0.3 is 0 Å². The molecule has 1 aromatic rings. The topological polar surface area (TPSA) is 43.1 Å². The van der Waals surface area contributed by atoms with Crippen LogP contribution in [0.15, 0.2) is 47.7 Å². The Morgan fingerprint density at radius 1 is 1.00 bits per heavy atom. The highest BCUT2D eigenvalue weighted by molar-refractivity contribution is 5.39. The fourth-order valence-corrected chi connectivity index (χ4v) is 2.91. The summed E-state index contributed by atoms with van der Waals surface area (Å²) in [5.41, 5.74) is 3.64. The summed E-state index contributed by atoms with van der Waals surface area (Å²) in [6.07, 6.45) is 4.61. The summed E-state index contributed by atoms with van der Waals surface area (Å²) >= 11 is 0. The molecule has 0 amide bonds. The normalized spacial score (nSPS) is 19.1. The van der Waals surface area contributed by atoms with Crippen LogP contribution in [0.4, 0.5) is 0 Å². The second-order valence-electron chi connectivity index (χ2n) is 8.40. The van der Waals surface area contributed by atoms with Crippen molar-refractivity contribution in [3.05, 3.63) is 68.9 Å². The van der Waals surface area contributed by atoms with Crippen molar-refractivity contribution in [2.75, 3.05) is 0 Å². The summed E-state index contributed by atoms with van der Waals surface area (Å²) < 4.78 is 0. The average Bonchev–Trinajstić information content (AvgIpc) is 2.45. The van der Waals surface area contributed by atoms with Crippen LogP contribution in [0.1, 0.15) is 65.0 Å². The lowest BCUT2D eigenvalue weighted by molar-refractivity contribution is -0.430. The maximum absolute atomic E-state index is 11.5. The van der Waals surface area contributed by atoms with Crippen molar-refractivity contribution in [2.24, 2.45) is 5.41 Å². The monoisotopic (exact) mass is 313 g/mol. The number of hydrogen-bond donors (Lipinski definition) is 0. The standard InChI is InChI=1S/C20H27NO2/c1-19(2,3)15-9-7-14(8-10-15)17-12-11-16(20(4,5)6)13-18(17)21(22)23/h7-11,13,17H,12H2,1-6H3. The van der Waals surface area contributed by atoms with Crippen LogP contribution < -0.4 is 0 Å². The minimum absolute atomic E-state index is 0.0671. The molecule has 0 saturated heterocycles. The largest absolute Gasteiger partial charge is 0.259 e. The molecule has 3 heteroatoms. The molecule has 124 valence electrons. The summed E-state index contributed by atoms with van der Waals surface area (Å²) in [5.74, 6) is -0.162. The van der Waals surface area contributed by atoms with Crippen LogP contribution in [0.25, 0.3) is 0 Å². The summed E-state index contributed by atoms with van der Waals surface area (Å²) in [4.78, 5) is 11.3. The molecule has 0 N–H and O–H groups in total. The molecule has 2 rings (SSSR count). The highest BCUT2D eigenvalue weighted by Gasteiger charge is 2.32. The van der Waals surface area contributed by atoms with Crippen molar-refractivity contribution >= 4 is 0 Å². The zero-order chi connectivity index (χ0) is 17.4. The number of allylic oxidation sites excluding steroid dienone is 4. The van der Waals surface area contributed by atoms with Crippen molar-refractivity contribution in [3.63, 3.8) is 0 Å². The first-order valence-corrected chi connectivity index (χ1v) is 8.17. The number of benzene rings is 1. The molecule has 3 nitrogen and oxygen atoms in total. The van der Waals surface area contributed by atoms with Crippen LogP contribution >= 0.6 is 0 Å². The second-order valence-corrected chi connectivity index (χ2v) is 8.40. The van der Waals surface area contributed by atoms with Gasteiger partial charge in [0.15, 0.2) is 0 Å².